The number of ether oxygens (including phenoxy) is 1. The topological polar surface area (TPSA) is 21.3 Å². The molecule has 0 fully saturated rings. The summed E-state index contributed by atoms with van der Waals surface area (Å²) in [5, 5.41) is 3.16. The summed E-state index contributed by atoms with van der Waals surface area (Å²) in [5.74, 6) is -0.182. The summed E-state index contributed by atoms with van der Waals surface area (Å²) < 4.78 is 18.2. The summed E-state index contributed by atoms with van der Waals surface area (Å²) in [4.78, 5) is 0. The highest BCUT2D eigenvalue weighted by molar-refractivity contribution is 5.51. The molecule has 0 saturated heterocycles. The molecule has 88 valence electrons. The fraction of sp³-hybridized carbons (Fsp3) is 0.385. The van der Waals surface area contributed by atoms with Gasteiger partial charge in [-0.05, 0) is 19.1 Å². The van der Waals surface area contributed by atoms with E-state index < -0.39 is 0 Å². The van der Waals surface area contributed by atoms with E-state index >= 15 is 0 Å². The number of hydrogen-bond donors (Lipinski definition) is 1. The van der Waals surface area contributed by atoms with Crippen molar-refractivity contribution in [2.75, 3.05) is 26.8 Å². The molecule has 0 saturated carbocycles. The molecule has 0 aliphatic rings. The van der Waals surface area contributed by atoms with Gasteiger partial charge in [0.25, 0.3) is 0 Å². The van der Waals surface area contributed by atoms with Gasteiger partial charge < -0.3 is 10.1 Å². The standard InChI is InChI=1S/C13H18FNO/c1-11-5-6-13(14)12(10-11)4-3-7-15-8-9-16-2/h3-6,10,15H,7-9H2,1-2H3/b4-3+. The summed E-state index contributed by atoms with van der Waals surface area (Å²) in [7, 11) is 1.67. The second-order valence-electron chi connectivity index (χ2n) is 3.62. The van der Waals surface area contributed by atoms with Crippen LogP contribution in [-0.2, 0) is 4.74 Å². The fourth-order valence-electron chi connectivity index (χ4n) is 1.34. The maximum absolute atomic E-state index is 13.3. The summed E-state index contributed by atoms with van der Waals surface area (Å²) in [6.07, 6.45) is 3.70. The van der Waals surface area contributed by atoms with E-state index in [1.165, 1.54) is 6.07 Å². The minimum Gasteiger partial charge on any atom is -0.383 e. The third-order valence-corrected chi connectivity index (χ3v) is 2.19. The van der Waals surface area contributed by atoms with E-state index in [4.69, 9.17) is 4.74 Å². The third-order valence-electron chi connectivity index (χ3n) is 2.19. The van der Waals surface area contributed by atoms with Crippen LogP contribution in [0.15, 0.2) is 24.3 Å². The van der Waals surface area contributed by atoms with Crippen LogP contribution in [0.25, 0.3) is 6.08 Å². The van der Waals surface area contributed by atoms with E-state index in [2.05, 4.69) is 5.32 Å². The average Bonchev–Trinajstić information content (AvgIpc) is 2.28. The minimum atomic E-state index is -0.182. The van der Waals surface area contributed by atoms with E-state index in [1.54, 1.807) is 19.3 Å². The van der Waals surface area contributed by atoms with Crippen LogP contribution in [0.4, 0.5) is 4.39 Å². The Kier molecular flexibility index (Phi) is 5.75. The van der Waals surface area contributed by atoms with Crippen molar-refractivity contribution < 1.29 is 9.13 Å². The lowest BCUT2D eigenvalue weighted by Gasteiger charge is -2.00. The lowest BCUT2D eigenvalue weighted by Crippen LogP contribution is -2.18. The largest absolute Gasteiger partial charge is 0.383 e. The van der Waals surface area contributed by atoms with Gasteiger partial charge in [0.1, 0.15) is 5.82 Å². The summed E-state index contributed by atoms with van der Waals surface area (Å²) in [6.45, 7) is 4.16. The van der Waals surface area contributed by atoms with E-state index in [0.717, 1.165) is 18.7 Å². The van der Waals surface area contributed by atoms with Crippen LogP contribution in [0, 0.1) is 12.7 Å². The molecule has 0 bridgehead atoms. The number of nitrogens with one attached hydrogen (secondary N) is 1. The number of aryl methyl sites for hydroxylation is 1. The Hall–Kier alpha value is -1.19. The monoisotopic (exact) mass is 223 g/mol. The molecule has 0 amide bonds. The molecular formula is C13H18FNO. The Balaban J connectivity index is 2.40. The molecule has 1 N–H and O–H groups in total. The minimum absolute atomic E-state index is 0.182. The number of benzene rings is 1. The maximum atomic E-state index is 13.3. The molecule has 1 rings (SSSR count). The Morgan fingerprint density at radius 3 is 3.00 bits per heavy atom. The van der Waals surface area contributed by atoms with Crippen molar-refractivity contribution in [1.82, 2.24) is 5.32 Å². The van der Waals surface area contributed by atoms with Gasteiger partial charge in [0.15, 0.2) is 0 Å². The first-order valence-corrected chi connectivity index (χ1v) is 5.36. The van der Waals surface area contributed by atoms with Crippen molar-refractivity contribution in [2.45, 2.75) is 6.92 Å². The number of halogens is 1. The summed E-state index contributed by atoms with van der Waals surface area (Å²) in [6, 6.07) is 5.10. The Bertz CT molecular complexity index is 350. The highest BCUT2D eigenvalue weighted by Crippen LogP contribution is 2.11. The van der Waals surface area contributed by atoms with Crippen molar-refractivity contribution in [2.24, 2.45) is 0 Å². The number of rotatable bonds is 6. The Morgan fingerprint density at radius 2 is 2.25 bits per heavy atom. The lowest BCUT2D eigenvalue weighted by atomic mass is 10.1. The third kappa shape index (κ3) is 4.55. The number of methoxy groups -OCH3 is 1. The van der Waals surface area contributed by atoms with Crippen LogP contribution in [0.1, 0.15) is 11.1 Å². The molecule has 0 atom stereocenters. The van der Waals surface area contributed by atoms with Gasteiger partial charge in [-0.1, -0.05) is 23.8 Å². The molecule has 0 aliphatic heterocycles. The predicted octanol–water partition coefficient (Wildman–Crippen LogP) is 2.38. The van der Waals surface area contributed by atoms with Gasteiger partial charge in [0.05, 0.1) is 6.61 Å². The molecule has 0 aromatic heterocycles. The van der Waals surface area contributed by atoms with Crippen LogP contribution in [0.2, 0.25) is 0 Å². The lowest BCUT2D eigenvalue weighted by molar-refractivity contribution is 0.200. The van der Waals surface area contributed by atoms with E-state index in [1.807, 2.05) is 19.1 Å². The fourth-order valence-corrected chi connectivity index (χ4v) is 1.34. The molecule has 3 heteroatoms. The second-order valence-corrected chi connectivity index (χ2v) is 3.62. The van der Waals surface area contributed by atoms with Crippen LogP contribution >= 0.6 is 0 Å². The molecular weight excluding hydrogens is 205 g/mol. The molecule has 0 unspecified atom stereocenters. The molecule has 1 aromatic carbocycles. The van der Waals surface area contributed by atoms with Crippen molar-refractivity contribution in [3.63, 3.8) is 0 Å². The van der Waals surface area contributed by atoms with Gasteiger partial charge in [-0.2, -0.15) is 0 Å². The molecule has 0 radical (unpaired) electrons. The molecule has 0 heterocycles. The van der Waals surface area contributed by atoms with Crippen molar-refractivity contribution in [3.05, 3.63) is 41.2 Å². The second kappa shape index (κ2) is 7.14. The van der Waals surface area contributed by atoms with E-state index in [0.29, 0.717) is 12.2 Å². The van der Waals surface area contributed by atoms with Crippen LogP contribution in [0.5, 0.6) is 0 Å². The maximum Gasteiger partial charge on any atom is 0.130 e. The highest BCUT2D eigenvalue weighted by Gasteiger charge is 1.97. The number of hydrogen-bond acceptors (Lipinski definition) is 2. The molecule has 1 aromatic rings. The zero-order chi connectivity index (χ0) is 11.8. The van der Waals surface area contributed by atoms with Crippen molar-refractivity contribution in [3.8, 4) is 0 Å². The van der Waals surface area contributed by atoms with Crippen LogP contribution in [-0.4, -0.2) is 26.8 Å². The highest BCUT2D eigenvalue weighted by atomic mass is 19.1. The van der Waals surface area contributed by atoms with Gasteiger partial charge in [-0.15, -0.1) is 0 Å². The molecule has 16 heavy (non-hydrogen) atoms. The SMILES string of the molecule is COCCNC/C=C/c1cc(C)ccc1F. The van der Waals surface area contributed by atoms with Gasteiger partial charge in [-0.3, -0.25) is 0 Å². The normalized spacial score (nSPS) is 11.2. The Labute approximate surface area is 96.1 Å². The Morgan fingerprint density at radius 1 is 1.44 bits per heavy atom. The quantitative estimate of drug-likeness (QED) is 0.748. The van der Waals surface area contributed by atoms with Crippen molar-refractivity contribution in [1.29, 1.82) is 0 Å². The van der Waals surface area contributed by atoms with Gasteiger partial charge in [-0.25, -0.2) is 4.39 Å². The average molecular weight is 223 g/mol. The van der Waals surface area contributed by atoms with E-state index in [9.17, 15) is 4.39 Å². The molecule has 2 nitrogen and oxygen atoms in total. The van der Waals surface area contributed by atoms with Gasteiger partial charge in [0.2, 0.25) is 0 Å². The summed E-state index contributed by atoms with van der Waals surface area (Å²) >= 11 is 0. The zero-order valence-electron chi connectivity index (χ0n) is 9.79. The van der Waals surface area contributed by atoms with Crippen LogP contribution < -0.4 is 5.32 Å². The van der Waals surface area contributed by atoms with E-state index in [-0.39, 0.29) is 5.82 Å². The smallest absolute Gasteiger partial charge is 0.130 e. The first-order valence-electron chi connectivity index (χ1n) is 5.36. The summed E-state index contributed by atoms with van der Waals surface area (Å²) in [5.41, 5.74) is 1.70. The van der Waals surface area contributed by atoms with Crippen LogP contribution in [0.3, 0.4) is 0 Å². The zero-order valence-corrected chi connectivity index (χ0v) is 9.79. The predicted molar refractivity (Wildman–Crippen MR) is 64.9 cm³/mol. The first-order chi connectivity index (χ1) is 7.74. The van der Waals surface area contributed by atoms with Crippen molar-refractivity contribution >= 4 is 6.08 Å². The van der Waals surface area contributed by atoms with Gasteiger partial charge in [0, 0.05) is 25.8 Å². The van der Waals surface area contributed by atoms with Gasteiger partial charge >= 0.3 is 0 Å². The first kappa shape index (κ1) is 12.9. The molecule has 0 spiro atoms. The molecule has 0 aliphatic carbocycles.